The largest absolute Gasteiger partial charge is 0.510 e. The SMILES string of the molecule is CCC[N+](C)(OC(C)=O)C(N)=NP(=O)(OC(OC(=O)OCC)C(C)C)OC(OC(=O)OCC)C(C)C. The number of carbonyl (C=O) groups is 3. The minimum absolute atomic E-state index is 0.0287. The molecule has 0 heterocycles. The van der Waals surface area contributed by atoms with Gasteiger partial charge in [-0.2, -0.15) is 0 Å². The number of nitrogens with two attached hydrogens (primary N) is 1. The fourth-order valence-electron chi connectivity index (χ4n) is 2.52. The van der Waals surface area contributed by atoms with Crippen LogP contribution in [-0.2, 0) is 42.2 Å². The lowest BCUT2D eigenvalue weighted by Crippen LogP contribution is -2.54. The van der Waals surface area contributed by atoms with Gasteiger partial charge < -0.3 is 24.7 Å². The Kier molecular flexibility index (Phi) is 14.6. The Balaban J connectivity index is 6.48. The van der Waals surface area contributed by atoms with Gasteiger partial charge in [-0.25, -0.2) is 28.0 Å². The molecule has 3 unspecified atom stereocenters. The van der Waals surface area contributed by atoms with Crippen LogP contribution in [0.1, 0.15) is 61.8 Å². The lowest BCUT2D eigenvalue weighted by Gasteiger charge is -2.30. The van der Waals surface area contributed by atoms with E-state index in [0.29, 0.717) is 6.42 Å². The lowest BCUT2D eigenvalue weighted by molar-refractivity contribution is -1.00. The molecule has 0 aliphatic rings. The normalized spacial score (nSPS) is 16.9. The van der Waals surface area contributed by atoms with Gasteiger partial charge in [0.25, 0.3) is 0 Å². The van der Waals surface area contributed by atoms with Crippen LogP contribution in [0.25, 0.3) is 0 Å². The number of rotatable bonds is 13. The van der Waals surface area contributed by atoms with E-state index in [9.17, 15) is 18.9 Å². The van der Waals surface area contributed by atoms with Crippen molar-refractivity contribution < 1.29 is 56.4 Å². The molecule has 0 aliphatic heterocycles. The van der Waals surface area contributed by atoms with Crippen molar-refractivity contribution in [2.75, 3.05) is 26.8 Å². The molecule has 36 heavy (non-hydrogen) atoms. The van der Waals surface area contributed by atoms with Gasteiger partial charge in [-0.3, -0.25) is 4.84 Å². The topological polar surface area (TPSA) is 171 Å². The van der Waals surface area contributed by atoms with Crippen LogP contribution in [-0.4, -0.2) is 68.3 Å². The van der Waals surface area contributed by atoms with Gasteiger partial charge in [0.05, 0.1) is 13.2 Å². The van der Waals surface area contributed by atoms with Gasteiger partial charge in [0.2, 0.25) is 12.6 Å². The Bertz CT molecular complexity index is 768. The van der Waals surface area contributed by atoms with E-state index in [1.165, 1.54) is 14.0 Å². The van der Waals surface area contributed by atoms with E-state index in [4.69, 9.17) is 38.6 Å². The Morgan fingerprint density at radius 1 is 0.889 bits per heavy atom. The van der Waals surface area contributed by atoms with Gasteiger partial charge in [0, 0.05) is 18.8 Å². The van der Waals surface area contributed by atoms with Crippen LogP contribution >= 0.6 is 7.75 Å². The standard InChI is InChI=1S/C21H41N3O11P/c1-10-13-24(9,33-16(8)25)19(22)23-36(28,34-17(14(4)5)31-20(26)29-11-2)35-18(15(6)7)32-21(27)30-12-3/h14-15,17-18H,10-13H2,1-9H3,(H2,22,23,28)/q+1. The second-order valence-corrected chi connectivity index (χ2v) is 9.93. The summed E-state index contributed by atoms with van der Waals surface area (Å²) in [5.41, 5.74) is 6.12. The number of hydrogen-bond acceptors (Lipinski definition) is 11. The summed E-state index contributed by atoms with van der Waals surface area (Å²) < 4.78 is 48.1. The average Bonchev–Trinajstić information content (AvgIpc) is 2.72. The molecule has 0 spiro atoms. The summed E-state index contributed by atoms with van der Waals surface area (Å²) in [5.74, 6) is -2.20. The summed E-state index contributed by atoms with van der Waals surface area (Å²) >= 11 is 0. The molecule has 0 fully saturated rings. The van der Waals surface area contributed by atoms with Gasteiger partial charge in [0.1, 0.15) is 13.6 Å². The van der Waals surface area contributed by atoms with Crippen LogP contribution in [0.4, 0.5) is 9.59 Å². The highest BCUT2D eigenvalue weighted by Crippen LogP contribution is 2.54. The van der Waals surface area contributed by atoms with E-state index in [1.54, 1.807) is 41.5 Å². The van der Waals surface area contributed by atoms with Crippen molar-refractivity contribution in [3.8, 4) is 0 Å². The van der Waals surface area contributed by atoms with Crippen molar-refractivity contribution in [1.29, 1.82) is 0 Å². The minimum Gasteiger partial charge on any atom is -0.435 e. The number of nitrogens with zero attached hydrogens (tertiary/aromatic N) is 2. The molecule has 0 amide bonds. The third kappa shape index (κ3) is 12.0. The van der Waals surface area contributed by atoms with Crippen molar-refractivity contribution >= 4 is 32.0 Å². The molecular weight excluding hydrogens is 501 g/mol. The van der Waals surface area contributed by atoms with Crippen LogP contribution in [0.5, 0.6) is 0 Å². The van der Waals surface area contributed by atoms with E-state index in [2.05, 4.69) is 4.76 Å². The Labute approximate surface area is 212 Å². The summed E-state index contributed by atoms with van der Waals surface area (Å²) in [6.07, 6.45) is -4.56. The zero-order valence-corrected chi connectivity index (χ0v) is 23.4. The predicted molar refractivity (Wildman–Crippen MR) is 128 cm³/mol. The molecule has 0 saturated heterocycles. The lowest BCUT2D eigenvalue weighted by atomic mass is 10.2. The minimum atomic E-state index is -4.72. The van der Waals surface area contributed by atoms with Crippen LogP contribution < -0.4 is 5.73 Å². The summed E-state index contributed by atoms with van der Waals surface area (Å²) in [6.45, 7) is 12.8. The first-order valence-corrected chi connectivity index (χ1v) is 13.2. The van der Waals surface area contributed by atoms with E-state index in [-0.39, 0.29) is 19.8 Å². The van der Waals surface area contributed by atoms with Crippen LogP contribution in [0.2, 0.25) is 0 Å². The Morgan fingerprint density at radius 2 is 1.31 bits per heavy atom. The van der Waals surface area contributed by atoms with Crippen molar-refractivity contribution in [3.05, 3.63) is 0 Å². The quantitative estimate of drug-likeness (QED) is 0.0673. The molecule has 14 nitrogen and oxygen atoms in total. The van der Waals surface area contributed by atoms with Gasteiger partial charge in [0.15, 0.2) is 0 Å². The number of ether oxygens (including phenoxy) is 4. The third-order valence-electron chi connectivity index (χ3n) is 4.20. The zero-order chi connectivity index (χ0) is 28.1. The van der Waals surface area contributed by atoms with Crippen molar-refractivity contribution in [3.63, 3.8) is 0 Å². The first-order valence-electron chi connectivity index (χ1n) is 11.7. The summed E-state index contributed by atoms with van der Waals surface area (Å²) in [5, 5.41) is 0. The summed E-state index contributed by atoms with van der Waals surface area (Å²) in [4.78, 5) is 40.8. The van der Waals surface area contributed by atoms with Crippen molar-refractivity contribution in [2.24, 2.45) is 22.3 Å². The number of quaternary nitrogens is 1. The monoisotopic (exact) mass is 542 g/mol. The smallest absolute Gasteiger partial charge is 0.435 e. The van der Waals surface area contributed by atoms with Crippen molar-refractivity contribution in [1.82, 2.24) is 0 Å². The molecule has 0 bridgehead atoms. The number of hydrogen-bond donors (Lipinski definition) is 1. The highest BCUT2D eigenvalue weighted by atomic mass is 31.2. The number of carbonyl (C=O) groups excluding carboxylic acids is 3. The maximum Gasteiger partial charge on any atom is 0.510 e. The summed E-state index contributed by atoms with van der Waals surface area (Å²) in [6, 6.07) is 0. The molecule has 0 aromatic heterocycles. The third-order valence-corrected chi connectivity index (χ3v) is 5.60. The number of hydroxylamine groups is 3. The van der Waals surface area contributed by atoms with Crippen molar-refractivity contribution in [2.45, 2.75) is 74.4 Å². The van der Waals surface area contributed by atoms with Crippen LogP contribution in [0, 0.1) is 11.8 Å². The van der Waals surface area contributed by atoms with Crippen LogP contribution in [0.15, 0.2) is 4.76 Å². The van der Waals surface area contributed by atoms with E-state index >= 15 is 0 Å². The molecule has 0 radical (unpaired) electrons. The van der Waals surface area contributed by atoms with Crippen LogP contribution in [0.3, 0.4) is 0 Å². The first-order chi connectivity index (χ1) is 16.6. The van der Waals surface area contributed by atoms with Gasteiger partial charge in [-0.1, -0.05) is 39.3 Å². The molecule has 0 rings (SSSR count). The first kappa shape index (κ1) is 33.6. The molecule has 0 saturated carbocycles. The van der Waals surface area contributed by atoms with E-state index in [1.807, 2.05) is 6.92 Å². The maximum atomic E-state index is 13.9. The Morgan fingerprint density at radius 3 is 1.61 bits per heavy atom. The highest BCUT2D eigenvalue weighted by molar-refractivity contribution is 7.52. The molecule has 0 aromatic carbocycles. The predicted octanol–water partition coefficient (Wildman–Crippen LogP) is 4.09. The van der Waals surface area contributed by atoms with E-state index < -0.39 is 61.0 Å². The molecule has 15 heteroatoms. The average molecular weight is 543 g/mol. The fraction of sp³-hybridized carbons (Fsp3) is 0.810. The highest BCUT2D eigenvalue weighted by Gasteiger charge is 2.42. The van der Waals surface area contributed by atoms with Gasteiger partial charge in [-0.15, -0.1) is 4.76 Å². The molecule has 2 N–H and O–H groups in total. The van der Waals surface area contributed by atoms with Gasteiger partial charge in [-0.05, 0) is 20.3 Å². The zero-order valence-electron chi connectivity index (χ0n) is 22.5. The van der Waals surface area contributed by atoms with Gasteiger partial charge >= 0.3 is 32.0 Å². The molecular formula is C21H41N3O11P+. The molecule has 0 aromatic rings. The number of guanidine groups is 1. The maximum absolute atomic E-state index is 13.9. The Hall–Kier alpha value is -2.41. The molecule has 0 aliphatic carbocycles. The molecule has 3 atom stereocenters. The molecule has 210 valence electrons. The second-order valence-electron chi connectivity index (χ2n) is 8.37. The van der Waals surface area contributed by atoms with E-state index in [0.717, 1.165) is 0 Å². The summed E-state index contributed by atoms with van der Waals surface area (Å²) in [7, 11) is -3.29. The fourth-order valence-corrected chi connectivity index (χ4v) is 4.21. The second kappa shape index (κ2) is 15.6.